The Morgan fingerprint density at radius 1 is 1.45 bits per heavy atom. The van der Waals surface area contributed by atoms with Crippen molar-refractivity contribution in [1.82, 2.24) is 10.2 Å². The van der Waals surface area contributed by atoms with Gasteiger partial charge in [-0.2, -0.15) is 5.26 Å². The van der Waals surface area contributed by atoms with Gasteiger partial charge in [-0.15, -0.1) is 0 Å². The van der Waals surface area contributed by atoms with Gasteiger partial charge in [0.1, 0.15) is 11.8 Å². The zero-order valence-electron chi connectivity index (χ0n) is 11.8. The van der Waals surface area contributed by atoms with Crippen LogP contribution in [0.4, 0.5) is 0 Å². The second-order valence-electron chi connectivity index (χ2n) is 5.37. The number of nitriles is 1. The van der Waals surface area contributed by atoms with Crippen molar-refractivity contribution >= 4 is 0 Å². The number of nitrogens with zero attached hydrogens (tertiary/aromatic N) is 2. The third kappa shape index (κ3) is 4.62. The fraction of sp³-hybridized carbons (Fsp3) is 0.643. The zero-order chi connectivity index (χ0) is 14.4. The molecule has 2 N–H and O–H groups in total. The van der Waals surface area contributed by atoms with Gasteiger partial charge in [0.05, 0.1) is 25.4 Å². The molecule has 6 nitrogen and oxygen atoms in total. The maximum absolute atomic E-state index is 10.4. The van der Waals surface area contributed by atoms with E-state index in [1.54, 1.807) is 12.1 Å². The molecule has 0 aliphatic carbocycles. The van der Waals surface area contributed by atoms with E-state index in [0.29, 0.717) is 31.2 Å². The van der Waals surface area contributed by atoms with Gasteiger partial charge >= 0.3 is 0 Å². The SMILES string of the molecule is CC(O)(CNCc1ccc(C#N)o1)CN1CCOCC1. The summed E-state index contributed by atoms with van der Waals surface area (Å²) in [4.78, 5) is 2.20. The van der Waals surface area contributed by atoms with Crippen molar-refractivity contribution < 1.29 is 14.3 Å². The number of morpholine rings is 1. The van der Waals surface area contributed by atoms with Crippen molar-refractivity contribution in [2.75, 3.05) is 39.4 Å². The van der Waals surface area contributed by atoms with Gasteiger partial charge < -0.3 is 19.6 Å². The Balaban J connectivity index is 1.72. The molecule has 1 unspecified atom stereocenters. The van der Waals surface area contributed by atoms with Gasteiger partial charge in [0, 0.05) is 26.2 Å². The summed E-state index contributed by atoms with van der Waals surface area (Å²) >= 11 is 0. The topological polar surface area (TPSA) is 81.7 Å². The molecule has 0 amide bonds. The molecule has 2 heterocycles. The molecule has 0 aromatic carbocycles. The number of ether oxygens (including phenoxy) is 1. The van der Waals surface area contributed by atoms with Crippen LogP contribution in [0.15, 0.2) is 16.5 Å². The first-order valence-corrected chi connectivity index (χ1v) is 6.81. The van der Waals surface area contributed by atoms with Crippen molar-refractivity contribution in [3.8, 4) is 6.07 Å². The summed E-state index contributed by atoms with van der Waals surface area (Å²) < 4.78 is 10.6. The Hall–Kier alpha value is -1.39. The van der Waals surface area contributed by atoms with E-state index in [2.05, 4.69) is 10.2 Å². The molecule has 20 heavy (non-hydrogen) atoms. The Labute approximate surface area is 118 Å². The largest absolute Gasteiger partial charge is 0.449 e. The molecule has 1 aromatic rings. The standard InChI is InChI=1S/C14H21N3O3/c1-14(18,11-17-4-6-19-7-5-17)10-16-9-13-3-2-12(8-15)20-13/h2-3,16,18H,4-7,9-11H2,1H3. The van der Waals surface area contributed by atoms with Crippen LogP contribution in [-0.4, -0.2) is 55.0 Å². The highest BCUT2D eigenvalue weighted by molar-refractivity contribution is 5.18. The van der Waals surface area contributed by atoms with E-state index >= 15 is 0 Å². The lowest BCUT2D eigenvalue weighted by atomic mass is 10.1. The zero-order valence-corrected chi connectivity index (χ0v) is 11.8. The molecular formula is C14H21N3O3. The van der Waals surface area contributed by atoms with Gasteiger partial charge in [0.25, 0.3) is 0 Å². The van der Waals surface area contributed by atoms with Crippen LogP contribution in [0, 0.1) is 11.3 Å². The van der Waals surface area contributed by atoms with E-state index in [1.165, 1.54) is 0 Å². The molecule has 6 heteroatoms. The normalized spacial score (nSPS) is 19.4. The minimum absolute atomic E-state index is 0.307. The minimum Gasteiger partial charge on any atom is -0.449 e. The monoisotopic (exact) mass is 279 g/mol. The highest BCUT2D eigenvalue weighted by Crippen LogP contribution is 2.09. The van der Waals surface area contributed by atoms with Crippen LogP contribution in [0.25, 0.3) is 0 Å². The summed E-state index contributed by atoms with van der Waals surface area (Å²) in [6.07, 6.45) is 0. The number of hydrogen-bond donors (Lipinski definition) is 2. The minimum atomic E-state index is -0.804. The summed E-state index contributed by atoms with van der Waals surface area (Å²) in [5, 5.41) is 22.2. The molecular weight excluding hydrogens is 258 g/mol. The van der Waals surface area contributed by atoms with Crippen molar-refractivity contribution in [1.29, 1.82) is 5.26 Å². The third-order valence-electron chi connectivity index (χ3n) is 3.24. The summed E-state index contributed by atoms with van der Waals surface area (Å²) in [6.45, 7) is 6.58. The van der Waals surface area contributed by atoms with Crippen LogP contribution in [0.5, 0.6) is 0 Å². The lowest BCUT2D eigenvalue weighted by molar-refractivity contribution is -0.0220. The maximum Gasteiger partial charge on any atom is 0.203 e. The number of nitrogens with one attached hydrogen (secondary N) is 1. The molecule has 1 fully saturated rings. The Kier molecular flexibility index (Phi) is 5.15. The number of rotatable bonds is 6. The lowest BCUT2D eigenvalue weighted by Crippen LogP contribution is -2.50. The van der Waals surface area contributed by atoms with E-state index in [0.717, 1.165) is 26.3 Å². The van der Waals surface area contributed by atoms with E-state index in [9.17, 15) is 5.11 Å². The van der Waals surface area contributed by atoms with Crippen LogP contribution < -0.4 is 5.32 Å². The van der Waals surface area contributed by atoms with Crippen LogP contribution in [-0.2, 0) is 11.3 Å². The van der Waals surface area contributed by atoms with Crippen molar-refractivity contribution in [2.45, 2.75) is 19.1 Å². The first-order valence-electron chi connectivity index (χ1n) is 6.81. The van der Waals surface area contributed by atoms with Crippen molar-refractivity contribution in [3.63, 3.8) is 0 Å². The Bertz CT molecular complexity index is 458. The molecule has 0 radical (unpaired) electrons. The number of β-amino-alcohol motifs (C(OH)–C–C–N with tert-alkyl or cyclic N) is 1. The van der Waals surface area contributed by atoms with Crippen LogP contribution in [0.1, 0.15) is 18.4 Å². The second kappa shape index (κ2) is 6.86. The molecule has 0 saturated carbocycles. The van der Waals surface area contributed by atoms with Gasteiger partial charge in [-0.1, -0.05) is 0 Å². The highest BCUT2D eigenvalue weighted by Gasteiger charge is 2.24. The molecule has 1 aromatic heterocycles. The molecule has 0 spiro atoms. The van der Waals surface area contributed by atoms with Gasteiger partial charge in [0.15, 0.2) is 0 Å². The predicted octanol–water partition coefficient (Wildman–Crippen LogP) is 0.324. The first-order chi connectivity index (χ1) is 9.59. The van der Waals surface area contributed by atoms with Crippen molar-refractivity contribution in [3.05, 3.63) is 23.7 Å². The lowest BCUT2D eigenvalue weighted by Gasteiger charge is -2.33. The maximum atomic E-state index is 10.4. The summed E-state index contributed by atoms with van der Waals surface area (Å²) in [5.41, 5.74) is -0.804. The molecule has 1 saturated heterocycles. The van der Waals surface area contributed by atoms with E-state index in [-0.39, 0.29) is 0 Å². The van der Waals surface area contributed by atoms with Gasteiger partial charge in [-0.3, -0.25) is 4.90 Å². The molecule has 1 atom stereocenters. The molecule has 0 bridgehead atoms. The van der Waals surface area contributed by atoms with Gasteiger partial charge in [-0.05, 0) is 19.1 Å². The summed E-state index contributed by atoms with van der Waals surface area (Å²) in [6, 6.07) is 5.35. The molecule has 110 valence electrons. The molecule has 2 rings (SSSR count). The smallest absolute Gasteiger partial charge is 0.203 e. The van der Waals surface area contributed by atoms with E-state index in [1.807, 2.05) is 13.0 Å². The summed E-state index contributed by atoms with van der Waals surface area (Å²) in [7, 11) is 0. The number of furan rings is 1. The van der Waals surface area contributed by atoms with Gasteiger partial charge in [0.2, 0.25) is 5.76 Å². The molecule has 1 aliphatic heterocycles. The van der Waals surface area contributed by atoms with Crippen LogP contribution >= 0.6 is 0 Å². The van der Waals surface area contributed by atoms with Gasteiger partial charge in [-0.25, -0.2) is 0 Å². The Morgan fingerprint density at radius 2 is 2.20 bits per heavy atom. The molecule has 1 aliphatic rings. The van der Waals surface area contributed by atoms with E-state index in [4.69, 9.17) is 14.4 Å². The van der Waals surface area contributed by atoms with Crippen LogP contribution in [0.2, 0.25) is 0 Å². The first kappa shape index (κ1) is 15.0. The average Bonchev–Trinajstić information content (AvgIpc) is 2.87. The predicted molar refractivity (Wildman–Crippen MR) is 73.0 cm³/mol. The second-order valence-corrected chi connectivity index (χ2v) is 5.37. The number of hydrogen-bond acceptors (Lipinski definition) is 6. The van der Waals surface area contributed by atoms with E-state index < -0.39 is 5.60 Å². The number of aliphatic hydroxyl groups is 1. The third-order valence-corrected chi connectivity index (χ3v) is 3.24. The summed E-state index contributed by atoms with van der Waals surface area (Å²) in [5.74, 6) is 1.01. The average molecular weight is 279 g/mol. The fourth-order valence-electron chi connectivity index (χ4n) is 2.28. The van der Waals surface area contributed by atoms with Crippen molar-refractivity contribution in [2.24, 2.45) is 0 Å². The highest BCUT2D eigenvalue weighted by atomic mass is 16.5. The Morgan fingerprint density at radius 3 is 2.85 bits per heavy atom. The van der Waals surface area contributed by atoms with Crippen LogP contribution in [0.3, 0.4) is 0 Å². The quantitative estimate of drug-likeness (QED) is 0.780. The fourth-order valence-corrected chi connectivity index (χ4v) is 2.28.